The predicted molar refractivity (Wildman–Crippen MR) is 86.8 cm³/mol. The van der Waals surface area contributed by atoms with Gasteiger partial charge in [-0.2, -0.15) is 0 Å². The van der Waals surface area contributed by atoms with E-state index in [1.165, 1.54) is 6.54 Å². The number of likely N-dealkylation sites (tertiary alicyclic amines) is 1. The summed E-state index contributed by atoms with van der Waals surface area (Å²) in [5, 5.41) is 3.57. The molecule has 4 heteroatoms. The summed E-state index contributed by atoms with van der Waals surface area (Å²) in [5.41, 5.74) is 2.01. The Hall–Kier alpha value is -0.610. The molecule has 2 nitrogen and oxygen atoms in total. The summed E-state index contributed by atoms with van der Waals surface area (Å²) in [6, 6.07) is 3.93. The summed E-state index contributed by atoms with van der Waals surface area (Å²) in [7, 11) is 0. The van der Waals surface area contributed by atoms with E-state index in [1.54, 1.807) is 6.07 Å². The Kier molecular flexibility index (Phi) is 5.44. The molecule has 1 aromatic carbocycles. The lowest BCUT2D eigenvalue weighted by Gasteiger charge is -2.34. The molecule has 20 heavy (non-hydrogen) atoms. The maximum Gasteiger partial charge on any atom is 0.137 e. The maximum atomic E-state index is 13.4. The second-order valence-corrected chi connectivity index (χ2v) is 7.05. The molecule has 1 saturated heterocycles. The molecule has 1 aliphatic heterocycles. The Bertz CT molecular complexity index is 454. The second-order valence-electron chi connectivity index (χ2n) is 6.19. The molecule has 0 saturated carbocycles. The zero-order chi connectivity index (χ0) is 14.7. The Morgan fingerprint density at radius 3 is 2.60 bits per heavy atom. The van der Waals surface area contributed by atoms with Crippen molar-refractivity contribution in [2.75, 3.05) is 25.0 Å². The minimum Gasteiger partial charge on any atom is -0.382 e. The van der Waals surface area contributed by atoms with E-state index in [0.29, 0.717) is 10.5 Å². The van der Waals surface area contributed by atoms with Crippen LogP contribution in [0.5, 0.6) is 0 Å². The summed E-state index contributed by atoms with van der Waals surface area (Å²) in [4.78, 5) is 2.54. The number of piperidine rings is 1. The van der Waals surface area contributed by atoms with Gasteiger partial charge in [0.1, 0.15) is 5.82 Å². The van der Waals surface area contributed by atoms with Crippen LogP contribution < -0.4 is 5.32 Å². The Labute approximate surface area is 129 Å². The van der Waals surface area contributed by atoms with Gasteiger partial charge in [-0.3, -0.25) is 0 Å². The fourth-order valence-electron chi connectivity index (χ4n) is 2.80. The molecule has 1 aromatic rings. The molecular weight excluding hydrogens is 319 g/mol. The van der Waals surface area contributed by atoms with E-state index in [2.05, 4.69) is 40.0 Å². The molecule has 0 aliphatic carbocycles. The van der Waals surface area contributed by atoms with Crippen molar-refractivity contribution in [1.29, 1.82) is 0 Å². The van der Waals surface area contributed by atoms with E-state index in [-0.39, 0.29) is 5.82 Å². The van der Waals surface area contributed by atoms with E-state index in [4.69, 9.17) is 0 Å². The molecular formula is C16H24BrFN2. The van der Waals surface area contributed by atoms with Crippen LogP contribution in [-0.4, -0.2) is 30.6 Å². The SMILES string of the molecule is Cc1cc(F)c(Br)cc1NC1CCN(CC(C)C)CC1. The van der Waals surface area contributed by atoms with Crippen LogP contribution in [0.4, 0.5) is 10.1 Å². The minimum absolute atomic E-state index is 0.195. The van der Waals surface area contributed by atoms with Crippen molar-refractivity contribution in [3.63, 3.8) is 0 Å². The lowest BCUT2D eigenvalue weighted by atomic mass is 10.0. The number of hydrogen-bond acceptors (Lipinski definition) is 2. The van der Waals surface area contributed by atoms with Gasteiger partial charge in [0.15, 0.2) is 0 Å². The van der Waals surface area contributed by atoms with E-state index >= 15 is 0 Å². The molecule has 2 rings (SSSR count). The molecule has 0 spiro atoms. The van der Waals surface area contributed by atoms with Crippen LogP contribution in [0.15, 0.2) is 16.6 Å². The molecule has 1 heterocycles. The average molecular weight is 343 g/mol. The Morgan fingerprint density at radius 1 is 1.35 bits per heavy atom. The standard InChI is InChI=1S/C16H24BrFN2/c1-11(2)10-20-6-4-13(5-7-20)19-16-9-14(17)15(18)8-12(16)3/h8-9,11,13,19H,4-7,10H2,1-3H3. The van der Waals surface area contributed by atoms with E-state index in [0.717, 1.165) is 43.1 Å². The predicted octanol–water partition coefficient (Wildman–Crippen LogP) is 4.43. The molecule has 1 fully saturated rings. The minimum atomic E-state index is -0.195. The number of aryl methyl sites for hydroxylation is 1. The summed E-state index contributed by atoms with van der Waals surface area (Å²) in [6.45, 7) is 9.97. The second kappa shape index (κ2) is 6.90. The smallest absolute Gasteiger partial charge is 0.137 e. The van der Waals surface area contributed by atoms with Crippen LogP contribution >= 0.6 is 15.9 Å². The quantitative estimate of drug-likeness (QED) is 0.870. The van der Waals surface area contributed by atoms with Gasteiger partial charge in [0.2, 0.25) is 0 Å². The largest absolute Gasteiger partial charge is 0.382 e. The van der Waals surface area contributed by atoms with Gasteiger partial charge in [-0.25, -0.2) is 4.39 Å². The number of hydrogen-bond donors (Lipinski definition) is 1. The Morgan fingerprint density at radius 2 is 2.00 bits per heavy atom. The van der Waals surface area contributed by atoms with Crippen molar-refractivity contribution >= 4 is 21.6 Å². The fourth-order valence-corrected chi connectivity index (χ4v) is 3.14. The molecule has 0 aromatic heterocycles. The van der Waals surface area contributed by atoms with E-state index in [9.17, 15) is 4.39 Å². The van der Waals surface area contributed by atoms with Gasteiger partial charge in [0.05, 0.1) is 4.47 Å². The molecule has 1 aliphatic rings. The van der Waals surface area contributed by atoms with E-state index < -0.39 is 0 Å². The summed E-state index contributed by atoms with van der Waals surface area (Å²) in [6.07, 6.45) is 2.31. The van der Waals surface area contributed by atoms with Crippen LogP contribution in [0.3, 0.4) is 0 Å². The van der Waals surface area contributed by atoms with E-state index in [1.807, 2.05) is 13.0 Å². The highest BCUT2D eigenvalue weighted by atomic mass is 79.9. The van der Waals surface area contributed by atoms with Crippen LogP contribution in [0.25, 0.3) is 0 Å². The molecule has 0 unspecified atom stereocenters. The highest BCUT2D eigenvalue weighted by Gasteiger charge is 2.20. The number of nitrogens with zero attached hydrogens (tertiary/aromatic N) is 1. The number of rotatable bonds is 4. The molecule has 0 amide bonds. The lowest BCUT2D eigenvalue weighted by molar-refractivity contribution is 0.198. The van der Waals surface area contributed by atoms with Gasteiger partial charge < -0.3 is 10.2 Å². The molecule has 0 radical (unpaired) electrons. The number of anilines is 1. The van der Waals surface area contributed by atoms with Gasteiger partial charge >= 0.3 is 0 Å². The van der Waals surface area contributed by atoms with Gasteiger partial charge in [-0.05, 0) is 59.3 Å². The first-order valence-corrected chi connectivity index (χ1v) is 8.19. The van der Waals surface area contributed by atoms with Crippen LogP contribution in [0.2, 0.25) is 0 Å². The van der Waals surface area contributed by atoms with Gasteiger partial charge in [0.25, 0.3) is 0 Å². The van der Waals surface area contributed by atoms with Gasteiger partial charge in [-0.1, -0.05) is 13.8 Å². The molecule has 0 atom stereocenters. The van der Waals surface area contributed by atoms with Gasteiger partial charge in [0, 0.05) is 31.4 Å². The van der Waals surface area contributed by atoms with Crippen molar-refractivity contribution in [3.8, 4) is 0 Å². The highest BCUT2D eigenvalue weighted by molar-refractivity contribution is 9.10. The Balaban J connectivity index is 1.91. The summed E-state index contributed by atoms with van der Waals surface area (Å²) < 4.78 is 14.0. The van der Waals surface area contributed by atoms with Crippen LogP contribution in [-0.2, 0) is 0 Å². The van der Waals surface area contributed by atoms with Crippen molar-refractivity contribution in [2.24, 2.45) is 5.92 Å². The summed E-state index contributed by atoms with van der Waals surface area (Å²) in [5.74, 6) is 0.537. The summed E-state index contributed by atoms with van der Waals surface area (Å²) >= 11 is 3.26. The normalized spacial score (nSPS) is 17.7. The fraction of sp³-hybridized carbons (Fsp3) is 0.625. The zero-order valence-corrected chi connectivity index (χ0v) is 14.1. The third kappa shape index (κ3) is 4.19. The molecule has 1 N–H and O–H groups in total. The van der Waals surface area contributed by atoms with Crippen LogP contribution in [0.1, 0.15) is 32.3 Å². The molecule has 0 bridgehead atoms. The van der Waals surface area contributed by atoms with Crippen LogP contribution in [0, 0.1) is 18.7 Å². The first-order chi connectivity index (χ1) is 9.45. The maximum absolute atomic E-state index is 13.4. The monoisotopic (exact) mass is 342 g/mol. The third-order valence-electron chi connectivity index (χ3n) is 3.84. The number of halogens is 2. The highest BCUT2D eigenvalue weighted by Crippen LogP contribution is 2.26. The number of benzene rings is 1. The van der Waals surface area contributed by atoms with Crippen molar-refractivity contribution < 1.29 is 4.39 Å². The van der Waals surface area contributed by atoms with Crippen molar-refractivity contribution in [3.05, 3.63) is 28.0 Å². The average Bonchev–Trinajstić information content (AvgIpc) is 2.37. The van der Waals surface area contributed by atoms with Crippen molar-refractivity contribution in [2.45, 2.75) is 39.7 Å². The zero-order valence-electron chi connectivity index (χ0n) is 12.5. The first kappa shape index (κ1) is 15.8. The topological polar surface area (TPSA) is 15.3 Å². The van der Waals surface area contributed by atoms with Gasteiger partial charge in [-0.15, -0.1) is 0 Å². The third-order valence-corrected chi connectivity index (χ3v) is 4.45. The van der Waals surface area contributed by atoms with Crippen molar-refractivity contribution in [1.82, 2.24) is 4.90 Å². The number of nitrogens with one attached hydrogen (secondary N) is 1. The first-order valence-electron chi connectivity index (χ1n) is 7.40. The molecule has 112 valence electrons. The lowest BCUT2D eigenvalue weighted by Crippen LogP contribution is -2.40.